The summed E-state index contributed by atoms with van der Waals surface area (Å²) in [6, 6.07) is 22.8. The Labute approximate surface area is 272 Å². The Balaban J connectivity index is 1.52. The van der Waals surface area contributed by atoms with E-state index in [1.54, 1.807) is 6.92 Å². The monoisotopic (exact) mass is 626 g/mol. The number of aliphatic hydroxyl groups excluding tert-OH is 1. The van der Waals surface area contributed by atoms with Crippen molar-refractivity contribution in [3.05, 3.63) is 113 Å². The van der Waals surface area contributed by atoms with Crippen molar-refractivity contribution in [2.75, 3.05) is 19.7 Å². The van der Waals surface area contributed by atoms with Gasteiger partial charge in [-0.1, -0.05) is 85.4 Å². The number of nitrogens with one attached hydrogen (secondary N) is 3. The molecule has 0 aromatic heterocycles. The summed E-state index contributed by atoms with van der Waals surface area (Å²) in [6.07, 6.45) is 0.695. The summed E-state index contributed by atoms with van der Waals surface area (Å²) in [5.41, 5.74) is 4.34. The van der Waals surface area contributed by atoms with Gasteiger partial charge >= 0.3 is 6.03 Å². The topological polar surface area (TPSA) is 120 Å². The first-order valence-electron chi connectivity index (χ1n) is 15.9. The van der Waals surface area contributed by atoms with Crippen molar-refractivity contribution in [3.63, 3.8) is 0 Å². The third-order valence-corrected chi connectivity index (χ3v) is 8.20. The Morgan fingerprint density at radius 1 is 0.935 bits per heavy atom. The summed E-state index contributed by atoms with van der Waals surface area (Å²) in [5.74, 6) is -0.0500. The van der Waals surface area contributed by atoms with E-state index in [2.05, 4.69) is 22.5 Å². The molecule has 9 heteroatoms. The van der Waals surface area contributed by atoms with Crippen LogP contribution in [-0.4, -0.2) is 71.8 Å². The van der Waals surface area contributed by atoms with Crippen LogP contribution in [0, 0.1) is 13.8 Å². The van der Waals surface area contributed by atoms with Crippen molar-refractivity contribution >= 4 is 17.8 Å². The molecule has 0 radical (unpaired) electrons. The molecule has 46 heavy (non-hydrogen) atoms. The first-order chi connectivity index (χ1) is 22.1. The fraction of sp³-hybridized carbons (Fsp3) is 0.378. The SMILES string of the molecule is C=C(C)[C@@H](C(=O)NC(Cc1ccccc1)C[C@H](O)C(Cc1ccccc1)NC(=O)COc1c(C)cccc1C)N1CCCNC1=O. The molecular formula is C37H46N4O5. The lowest BCUT2D eigenvalue weighted by molar-refractivity contribution is -0.126. The average molecular weight is 627 g/mol. The van der Waals surface area contributed by atoms with E-state index in [4.69, 9.17) is 4.74 Å². The number of urea groups is 1. The first-order valence-corrected chi connectivity index (χ1v) is 15.9. The molecule has 244 valence electrons. The van der Waals surface area contributed by atoms with Gasteiger partial charge in [-0.25, -0.2) is 4.79 Å². The fourth-order valence-electron chi connectivity index (χ4n) is 5.92. The summed E-state index contributed by atoms with van der Waals surface area (Å²) >= 11 is 0. The number of rotatable bonds is 15. The zero-order valence-electron chi connectivity index (χ0n) is 27.0. The van der Waals surface area contributed by atoms with Gasteiger partial charge in [-0.15, -0.1) is 0 Å². The molecule has 0 spiro atoms. The van der Waals surface area contributed by atoms with E-state index in [1.807, 2.05) is 92.7 Å². The molecule has 4 atom stereocenters. The Kier molecular flexibility index (Phi) is 12.4. The molecule has 0 bridgehead atoms. The lowest BCUT2D eigenvalue weighted by Crippen LogP contribution is -2.58. The zero-order valence-corrected chi connectivity index (χ0v) is 27.0. The number of carbonyl (C=O) groups is 3. The largest absolute Gasteiger partial charge is 0.483 e. The maximum absolute atomic E-state index is 13.8. The van der Waals surface area contributed by atoms with E-state index < -0.39 is 24.2 Å². The number of para-hydroxylation sites is 1. The lowest BCUT2D eigenvalue weighted by atomic mass is 9.93. The third kappa shape index (κ3) is 9.68. The van der Waals surface area contributed by atoms with E-state index in [0.717, 1.165) is 28.7 Å². The number of benzene rings is 3. The van der Waals surface area contributed by atoms with Crippen molar-refractivity contribution in [3.8, 4) is 5.75 Å². The number of carbonyl (C=O) groups excluding carboxylic acids is 3. The van der Waals surface area contributed by atoms with Gasteiger partial charge in [-0.2, -0.15) is 0 Å². The Morgan fingerprint density at radius 3 is 2.13 bits per heavy atom. The van der Waals surface area contributed by atoms with E-state index in [-0.39, 0.29) is 30.9 Å². The highest BCUT2D eigenvalue weighted by atomic mass is 16.5. The van der Waals surface area contributed by atoms with Crippen LogP contribution < -0.4 is 20.7 Å². The van der Waals surface area contributed by atoms with Crippen LogP contribution in [0.2, 0.25) is 0 Å². The highest BCUT2D eigenvalue weighted by Crippen LogP contribution is 2.22. The number of aryl methyl sites for hydroxylation is 2. The summed E-state index contributed by atoms with van der Waals surface area (Å²) < 4.78 is 5.89. The van der Waals surface area contributed by atoms with Gasteiger partial charge in [0.25, 0.3) is 5.91 Å². The molecule has 0 saturated carbocycles. The van der Waals surface area contributed by atoms with Crippen molar-refractivity contribution in [1.82, 2.24) is 20.9 Å². The van der Waals surface area contributed by atoms with Gasteiger partial charge in [-0.3, -0.25) is 9.59 Å². The predicted octanol–water partition coefficient (Wildman–Crippen LogP) is 4.25. The molecule has 3 aromatic rings. The van der Waals surface area contributed by atoms with Crippen molar-refractivity contribution in [1.29, 1.82) is 0 Å². The van der Waals surface area contributed by atoms with E-state index in [9.17, 15) is 19.5 Å². The molecule has 1 fully saturated rings. The summed E-state index contributed by atoms with van der Waals surface area (Å²) in [7, 11) is 0. The quantitative estimate of drug-likeness (QED) is 0.188. The Hall–Kier alpha value is -4.63. The number of amides is 4. The summed E-state index contributed by atoms with van der Waals surface area (Å²) in [5, 5.41) is 20.6. The average Bonchev–Trinajstić information content (AvgIpc) is 3.02. The normalized spacial score (nSPS) is 15.6. The van der Waals surface area contributed by atoms with Crippen LogP contribution in [0.4, 0.5) is 4.79 Å². The van der Waals surface area contributed by atoms with Crippen LogP contribution in [0.5, 0.6) is 5.75 Å². The molecular weight excluding hydrogens is 580 g/mol. The van der Waals surface area contributed by atoms with Gasteiger partial charge in [0.15, 0.2) is 6.61 Å². The van der Waals surface area contributed by atoms with E-state index in [1.165, 1.54) is 4.90 Å². The number of hydrogen-bond donors (Lipinski definition) is 4. The Bertz CT molecular complexity index is 1460. The van der Waals surface area contributed by atoms with Crippen molar-refractivity contribution in [2.24, 2.45) is 0 Å². The molecule has 1 aliphatic heterocycles. The van der Waals surface area contributed by atoms with E-state index in [0.29, 0.717) is 37.3 Å². The maximum Gasteiger partial charge on any atom is 0.318 e. The van der Waals surface area contributed by atoms with Crippen molar-refractivity contribution < 1.29 is 24.2 Å². The second-order valence-electron chi connectivity index (χ2n) is 12.1. The van der Waals surface area contributed by atoms with Gasteiger partial charge in [0.2, 0.25) is 5.91 Å². The molecule has 1 heterocycles. The highest BCUT2D eigenvalue weighted by Gasteiger charge is 2.34. The number of aliphatic hydroxyl groups is 1. The second-order valence-corrected chi connectivity index (χ2v) is 12.1. The summed E-state index contributed by atoms with van der Waals surface area (Å²) in [6.45, 7) is 10.4. The smallest absolute Gasteiger partial charge is 0.318 e. The molecule has 0 aliphatic carbocycles. The van der Waals surface area contributed by atoms with Gasteiger partial charge < -0.3 is 30.7 Å². The van der Waals surface area contributed by atoms with Gasteiger partial charge in [0.05, 0.1) is 12.1 Å². The number of hydrogen-bond acceptors (Lipinski definition) is 5. The zero-order chi connectivity index (χ0) is 33.1. The molecule has 4 N–H and O–H groups in total. The summed E-state index contributed by atoms with van der Waals surface area (Å²) in [4.78, 5) is 41.1. The van der Waals surface area contributed by atoms with Gasteiger partial charge in [0.1, 0.15) is 11.8 Å². The molecule has 2 unspecified atom stereocenters. The minimum Gasteiger partial charge on any atom is -0.483 e. The fourth-order valence-corrected chi connectivity index (χ4v) is 5.92. The third-order valence-electron chi connectivity index (χ3n) is 8.20. The second kappa shape index (κ2) is 16.6. The van der Waals surface area contributed by atoms with Crippen LogP contribution in [0.3, 0.4) is 0 Å². The minimum absolute atomic E-state index is 0.158. The van der Waals surface area contributed by atoms with E-state index >= 15 is 0 Å². The number of nitrogens with zero attached hydrogens (tertiary/aromatic N) is 1. The first kappa shape index (κ1) is 34.2. The van der Waals surface area contributed by atoms with Crippen LogP contribution in [0.25, 0.3) is 0 Å². The highest BCUT2D eigenvalue weighted by molar-refractivity contribution is 5.90. The standard InChI is InChI=1S/C37H46N4O5/c1-25(2)34(41-20-12-19-38-37(41)45)36(44)39-30(21-28-15-7-5-8-16-28)23-32(42)31(22-29-17-9-6-10-18-29)40-33(43)24-46-35-26(3)13-11-14-27(35)4/h5-11,13-18,30-32,34,42H,1,12,19-24H2,2-4H3,(H,38,45)(H,39,44)(H,40,43)/t30?,31?,32-,34-/m0/s1. The molecule has 1 aliphatic rings. The molecule has 4 amide bonds. The minimum atomic E-state index is -1.01. The molecule has 9 nitrogen and oxygen atoms in total. The van der Waals surface area contributed by atoms with Crippen LogP contribution >= 0.6 is 0 Å². The van der Waals surface area contributed by atoms with Crippen molar-refractivity contribution in [2.45, 2.75) is 70.7 Å². The van der Waals surface area contributed by atoms with Crippen LogP contribution in [0.1, 0.15) is 42.0 Å². The number of ether oxygens (including phenoxy) is 1. The van der Waals surface area contributed by atoms with Gasteiger partial charge in [0, 0.05) is 19.1 Å². The lowest BCUT2D eigenvalue weighted by Gasteiger charge is -2.35. The molecule has 3 aromatic carbocycles. The maximum atomic E-state index is 13.8. The van der Waals surface area contributed by atoms with Gasteiger partial charge in [-0.05, 0) is 74.3 Å². The van der Waals surface area contributed by atoms with Crippen LogP contribution in [0.15, 0.2) is 91.0 Å². The van der Waals surface area contributed by atoms with Crippen LogP contribution in [-0.2, 0) is 22.4 Å². The Morgan fingerprint density at radius 2 is 1.54 bits per heavy atom. The molecule has 1 saturated heterocycles. The predicted molar refractivity (Wildman–Crippen MR) is 180 cm³/mol. The molecule has 4 rings (SSSR count).